The van der Waals surface area contributed by atoms with Crippen molar-refractivity contribution in [2.45, 2.75) is 39.0 Å². The first-order valence-electron chi connectivity index (χ1n) is 6.76. The normalized spacial score (nSPS) is 15.6. The van der Waals surface area contributed by atoms with E-state index in [-0.39, 0.29) is 5.41 Å². The first-order chi connectivity index (χ1) is 8.53. The second-order valence-corrected chi connectivity index (χ2v) is 6.10. The summed E-state index contributed by atoms with van der Waals surface area (Å²) in [5.74, 6) is 0.577. The number of rotatable bonds is 1. The lowest BCUT2D eigenvalue weighted by atomic mass is 9.78. The second-order valence-electron chi connectivity index (χ2n) is 6.10. The molecule has 0 bridgehead atoms. The lowest BCUT2D eigenvalue weighted by Gasteiger charge is -2.25. The molecule has 1 aliphatic carbocycles. The third kappa shape index (κ3) is 1.38. The molecule has 0 atom stereocenters. The number of hydrogen-bond acceptors (Lipinski definition) is 0. The second kappa shape index (κ2) is 3.71. The van der Waals surface area contributed by atoms with Crippen molar-refractivity contribution in [3.8, 4) is 11.1 Å². The SMILES string of the molecule is CC(C)c1cccc2c1C(C)(C)c1ccccc1-2. The van der Waals surface area contributed by atoms with E-state index in [9.17, 15) is 0 Å². The third-order valence-electron chi connectivity index (χ3n) is 4.23. The molecule has 0 aliphatic heterocycles. The smallest absolute Gasteiger partial charge is 0.0161 e. The molecule has 0 fully saturated rings. The molecule has 1 aliphatic rings. The van der Waals surface area contributed by atoms with Crippen LogP contribution in [0.25, 0.3) is 11.1 Å². The van der Waals surface area contributed by atoms with Crippen LogP contribution in [0.1, 0.15) is 50.3 Å². The summed E-state index contributed by atoms with van der Waals surface area (Å²) >= 11 is 0. The molecule has 0 saturated heterocycles. The Morgan fingerprint density at radius 3 is 2.22 bits per heavy atom. The molecule has 0 aromatic heterocycles. The Morgan fingerprint density at radius 1 is 0.833 bits per heavy atom. The first kappa shape index (κ1) is 11.5. The Kier molecular flexibility index (Phi) is 2.38. The van der Waals surface area contributed by atoms with Crippen molar-refractivity contribution < 1.29 is 0 Å². The molecule has 92 valence electrons. The van der Waals surface area contributed by atoms with Gasteiger partial charge in [0.1, 0.15) is 0 Å². The minimum atomic E-state index is 0.132. The fraction of sp³-hybridized carbons (Fsp3) is 0.333. The van der Waals surface area contributed by atoms with E-state index in [0.717, 1.165) is 0 Å². The Labute approximate surface area is 110 Å². The summed E-state index contributed by atoms with van der Waals surface area (Å²) in [7, 11) is 0. The lowest BCUT2D eigenvalue weighted by Crippen LogP contribution is -2.17. The van der Waals surface area contributed by atoms with Gasteiger partial charge in [-0.15, -0.1) is 0 Å². The van der Waals surface area contributed by atoms with Crippen molar-refractivity contribution in [2.75, 3.05) is 0 Å². The molecule has 0 radical (unpaired) electrons. The average Bonchev–Trinajstić information content (AvgIpc) is 2.60. The Balaban J connectivity index is 2.38. The van der Waals surface area contributed by atoms with Gasteiger partial charge in [0.15, 0.2) is 0 Å². The molecule has 0 nitrogen and oxygen atoms in total. The van der Waals surface area contributed by atoms with E-state index >= 15 is 0 Å². The van der Waals surface area contributed by atoms with Gasteiger partial charge < -0.3 is 0 Å². The third-order valence-corrected chi connectivity index (χ3v) is 4.23. The van der Waals surface area contributed by atoms with Gasteiger partial charge >= 0.3 is 0 Å². The maximum absolute atomic E-state index is 2.35. The van der Waals surface area contributed by atoms with Gasteiger partial charge in [0.25, 0.3) is 0 Å². The highest BCUT2D eigenvalue weighted by Crippen LogP contribution is 2.50. The van der Waals surface area contributed by atoms with Crippen LogP contribution in [0.4, 0.5) is 0 Å². The van der Waals surface area contributed by atoms with Crippen molar-refractivity contribution in [2.24, 2.45) is 0 Å². The molecule has 2 aromatic carbocycles. The minimum Gasteiger partial charge on any atom is -0.0619 e. The van der Waals surface area contributed by atoms with Crippen LogP contribution in [0.3, 0.4) is 0 Å². The highest BCUT2D eigenvalue weighted by atomic mass is 14.4. The summed E-state index contributed by atoms with van der Waals surface area (Å²) in [4.78, 5) is 0. The van der Waals surface area contributed by atoms with Crippen LogP contribution in [0.5, 0.6) is 0 Å². The van der Waals surface area contributed by atoms with Crippen LogP contribution in [-0.4, -0.2) is 0 Å². The summed E-state index contributed by atoms with van der Waals surface area (Å²) in [5.41, 5.74) is 7.47. The predicted octanol–water partition coefficient (Wildman–Crippen LogP) is 5.12. The maximum atomic E-state index is 2.35. The molecule has 0 amide bonds. The lowest BCUT2D eigenvalue weighted by molar-refractivity contribution is 0.642. The molecule has 2 aromatic rings. The molecular weight excluding hydrogens is 216 g/mol. The molecule has 3 rings (SSSR count). The molecule has 0 heterocycles. The summed E-state index contributed by atoms with van der Waals surface area (Å²) in [6.45, 7) is 9.27. The number of hydrogen-bond donors (Lipinski definition) is 0. The Hall–Kier alpha value is -1.56. The van der Waals surface area contributed by atoms with Gasteiger partial charge in [-0.25, -0.2) is 0 Å². The first-order valence-corrected chi connectivity index (χ1v) is 6.76. The quantitative estimate of drug-likeness (QED) is 0.645. The van der Waals surface area contributed by atoms with E-state index in [1.54, 1.807) is 0 Å². The van der Waals surface area contributed by atoms with Crippen molar-refractivity contribution in [3.63, 3.8) is 0 Å². The fourth-order valence-electron chi connectivity index (χ4n) is 3.37. The summed E-state index contributed by atoms with van der Waals surface area (Å²) in [5, 5.41) is 0. The van der Waals surface area contributed by atoms with Gasteiger partial charge in [0, 0.05) is 5.41 Å². The Morgan fingerprint density at radius 2 is 1.50 bits per heavy atom. The zero-order chi connectivity index (χ0) is 12.9. The van der Waals surface area contributed by atoms with Gasteiger partial charge in [-0.1, -0.05) is 70.2 Å². The average molecular weight is 236 g/mol. The van der Waals surface area contributed by atoms with E-state index < -0.39 is 0 Å². The number of fused-ring (bicyclic) bond motifs is 3. The van der Waals surface area contributed by atoms with Crippen LogP contribution in [-0.2, 0) is 5.41 Å². The van der Waals surface area contributed by atoms with Crippen molar-refractivity contribution in [1.29, 1.82) is 0 Å². The number of benzene rings is 2. The minimum absolute atomic E-state index is 0.132. The molecule has 18 heavy (non-hydrogen) atoms. The van der Waals surface area contributed by atoms with Crippen LogP contribution < -0.4 is 0 Å². The van der Waals surface area contributed by atoms with Gasteiger partial charge in [-0.2, -0.15) is 0 Å². The molecule has 0 heteroatoms. The van der Waals surface area contributed by atoms with E-state index in [4.69, 9.17) is 0 Å². The van der Waals surface area contributed by atoms with Crippen LogP contribution in [0.15, 0.2) is 42.5 Å². The summed E-state index contributed by atoms with van der Waals surface area (Å²) in [6.07, 6.45) is 0. The van der Waals surface area contributed by atoms with E-state index in [1.165, 1.54) is 27.8 Å². The highest BCUT2D eigenvalue weighted by molar-refractivity contribution is 5.82. The van der Waals surface area contributed by atoms with E-state index in [0.29, 0.717) is 5.92 Å². The topological polar surface area (TPSA) is 0 Å². The molecular formula is C18H20. The molecule has 0 N–H and O–H groups in total. The summed E-state index contributed by atoms with van der Waals surface area (Å²) < 4.78 is 0. The van der Waals surface area contributed by atoms with E-state index in [1.807, 2.05) is 0 Å². The van der Waals surface area contributed by atoms with Crippen molar-refractivity contribution in [3.05, 3.63) is 59.2 Å². The van der Waals surface area contributed by atoms with Crippen LogP contribution in [0.2, 0.25) is 0 Å². The van der Waals surface area contributed by atoms with Gasteiger partial charge in [-0.3, -0.25) is 0 Å². The van der Waals surface area contributed by atoms with Gasteiger partial charge in [0.2, 0.25) is 0 Å². The van der Waals surface area contributed by atoms with Crippen molar-refractivity contribution >= 4 is 0 Å². The monoisotopic (exact) mass is 236 g/mol. The highest BCUT2D eigenvalue weighted by Gasteiger charge is 2.37. The van der Waals surface area contributed by atoms with Crippen LogP contribution >= 0.6 is 0 Å². The largest absolute Gasteiger partial charge is 0.0619 e. The maximum Gasteiger partial charge on any atom is 0.0161 e. The van der Waals surface area contributed by atoms with Gasteiger partial charge in [-0.05, 0) is 33.7 Å². The van der Waals surface area contributed by atoms with Crippen molar-refractivity contribution in [1.82, 2.24) is 0 Å². The molecule has 0 saturated carbocycles. The fourth-order valence-corrected chi connectivity index (χ4v) is 3.37. The Bertz CT molecular complexity index is 603. The summed E-state index contributed by atoms with van der Waals surface area (Å²) in [6, 6.07) is 15.6. The molecule has 0 spiro atoms. The zero-order valence-electron chi connectivity index (χ0n) is 11.6. The van der Waals surface area contributed by atoms with E-state index in [2.05, 4.69) is 70.2 Å². The van der Waals surface area contributed by atoms with Gasteiger partial charge in [0.05, 0.1) is 0 Å². The zero-order valence-corrected chi connectivity index (χ0v) is 11.6. The standard InChI is InChI=1S/C18H20/c1-12(2)13-9-7-10-15-14-8-5-6-11-16(14)18(3,4)17(13)15/h5-12H,1-4H3. The molecule has 0 unspecified atom stereocenters. The predicted molar refractivity (Wildman–Crippen MR) is 78.1 cm³/mol. The van der Waals surface area contributed by atoms with Crippen LogP contribution in [0, 0.1) is 0 Å².